The van der Waals surface area contributed by atoms with E-state index in [-0.39, 0.29) is 5.54 Å². The highest BCUT2D eigenvalue weighted by Gasteiger charge is 2.44. The lowest BCUT2D eigenvalue weighted by Gasteiger charge is -2.47. The first-order valence-corrected chi connectivity index (χ1v) is 7.58. The maximum atomic E-state index is 6.16. The van der Waals surface area contributed by atoms with Crippen LogP contribution in [0.1, 0.15) is 47.0 Å². The first-order valence-electron chi connectivity index (χ1n) is 7.58. The first-order chi connectivity index (χ1) is 8.38. The van der Waals surface area contributed by atoms with Crippen LogP contribution in [0.25, 0.3) is 0 Å². The summed E-state index contributed by atoms with van der Waals surface area (Å²) in [6.07, 6.45) is 3.88. The van der Waals surface area contributed by atoms with E-state index >= 15 is 0 Å². The topological polar surface area (TPSA) is 32.5 Å². The van der Waals surface area contributed by atoms with Crippen LogP contribution in [0.4, 0.5) is 0 Å². The van der Waals surface area contributed by atoms with E-state index in [0.717, 1.165) is 6.54 Å². The molecule has 0 aliphatic carbocycles. The van der Waals surface area contributed by atoms with E-state index in [4.69, 9.17) is 5.73 Å². The van der Waals surface area contributed by atoms with Crippen LogP contribution in [0.15, 0.2) is 0 Å². The van der Waals surface area contributed by atoms with Crippen molar-refractivity contribution in [1.82, 2.24) is 9.80 Å². The lowest BCUT2D eigenvalue weighted by Crippen LogP contribution is -2.58. The monoisotopic (exact) mass is 253 g/mol. The number of hydrogen-bond acceptors (Lipinski definition) is 3. The van der Waals surface area contributed by atoms with Gasteiger partial charge in [0.1, 0.15) is 0 Å². The Morgan fingerprint density at radius 3 is 2.11 bits per heavy atom. The molecule has 18 heavy (non-hydrogen) atoms. The zero-order valence-corrected chi connectivity index (χ0v) is 12.7. The van der Waals surface area contributed by atoms with E-state index in [0.29, 0.717) is 11.5 Å². The second-order valence-corrected chi connectivity index (χ2v) is 7.39. The van der Waals surface area contributed by atoms with Crippen molar-refractivity contribution < 1.29 is 0 Å². The molecule has 1 unspecified atom stereocenters. The Hall–Kier alpha value is -0.120. The minimum atomic E-state index is 0.265. The summed E-state index contributed by atoms with van der Waals surface area (Å²) in [6, 6.07) is 0.652. The van der Waals surface area contributed by atoms with Gasteiger partial charge in [-0.15, -0.1) is 0 Å². The van der Waals surface area contributed by atoms with Crippen molar-refractivity contribution in [1.29, 1.82) is 0 Å². The highest BCUT2D eigenvalue weighted by Crippen LogP contribution is 2.36. The molecule has 2 aliphatic rings. The summed E-state index contributed by atoms with van der Waals surface area (Å²) in [5.41, 5.74) is 6.96. The molecule has 3 heteroatoms. The lowest BCUT2D eigenvalue weighted by molar-refractivity contribution is 0.0352. The minimum Gasteiger partial charge on any atom is -0.329 e. The molecular formula is C15H31N3. The van der Waals surface area contributed by atoms with Gasteiger partial charge >= 0.3 is 0 Å². The van der Waals surface area contributed by atoms with Gasteiger partial charge in [0.15, 0.2) is 0 Å². The second kappa shape index (κ2) is 5.10. The number of nitrogens with two attached hydrogens (primary N) is 1. The summed E-state index contributed by atoms with van der Waals surface area (Å²) in [4.78, 5) is 5.28. The van der Waals surface area contributed by atoms with Gasteiger partial charge in [0, 0.05) is 31.2 Å². The Balaban J connectivity index is 2.02. The van der Waals surface area contributed by atoms with Crippen LogP contribution >= 0.6 is 0 Å². The van der Waals surface area contributed by atoms with Gasteiger partial charge in [0.2, 0.25) is 0 Å². The lowest BCUT2D eigenvalue weighted by atomic mass is 9.80. The smallest absolute Gasteiger partial charge is 0.0470 e. The highest BCUT2D eigenvalue weighted by molar-refractivity contribution is 5.02. The maximum Gasteiger partial charge on any atom is 0.0470 e. The molecule has 0 amide bonds. The molecular weight excluding hydrogens is 222 g/mol. The van der Waals surface area contributed by atoms with Crippen LogP contribution in [0, 0.1) is 5.41 Å². The summed E-state index contributed by atoms with van der Waals surface area (Å²) < 4.78 is 0. The molecule has 106 valence electrons. The van der Waals surface area contributed by atoms with E-state index < -0.39 is 0 Å². The molecule has 0 aromatic rings. The van der Waals surface area contributed by atoms with Gasteiger partial charge < -0.3 is 5.73 Å². The van der Waals surface area contributed by atoms with Crippen molar-refractivity contribution >= 4 is 0 Å². The average molecular weight is 253 g/mol. The number of piperidine rings is 1. The standard InChI is InChI=1S/C15H31N3/c1-13(2)17-8-7-15(11-16,12-17)18-9-5-14(3,4)6-10-18/h13H,5-12,16H2,1-4H3. The molecule has 0 aromatic carbocycles. The van der Waals surface area contributed by atoms with Gasteiger partial charge in [-0.3, -0.25) is 9.80 Å². The molecule has 0 aromatic heterocycles. The van der Waals surface area contributed by atoms with Crippen molar-refractivity contribution in [3.8, 4) is 0 Å². The Labute approximate surface area is 113 Å². The quantitative estimate of drug-likeness (QED) is 0.834. The number of rotatable bonds is 3. The summed E-state index contributed by atoms with van der Waals surface area (Å²) in [7, 11) is 0. The van der Waals surface area contributed by atoms with Crippen LogP contribution in [0.3, 0.4) is 0 Å². The van der Waals surface area contributed by atoms with Crippen LogP contribution in [0.5, 0.6) is 0 Å². The van der Waals surface area contributed by atoms with Crippen LogP contribution < -0.4 is 5.73 Å². The first kappa shape index (κ1) is 14.3. The summed E-state index contributed by atoms with van der Waals surface area (Å²) in [5.74, 6) is 0. The normalized spacial score (nSPS) is 34.3. The molecule has 2 N–H and O–H groups in total. The van der Waals surface area contributed by atoms with Gasteiger partial charge in [0.25, 0.3) is 0 Å². The minimum absolute atomic E-state index is 0.265. The molecule has 1 atom stereocenters. The third-order valence-electron chi connectivity index (χ3n) is 5.26. The highest BCUT2D eigenvalue weighted by atomic mass is 15.3. The van der Waals surface area contributed by atoms with Crippen molar-refractivity contribution in [3.63, 3.8) is 0 Å². The Morgan fingerprint density at radius 2 is 1.67 bits per heavy atom. The van der Waals surface area contributed by atoms with Crippen molar-refractivity contribution in [3.05, 3.63) is 0 Å². The Kier molecular flexibility index (Phi) is 4.05. The van der Waals surface area contributed by atoms with Gasteiger partial charge in [-0.1, -0.05) is 13.8 Å². The number of nitrogens with zero attached hydrogens (tertiary/aromatic N) is 2. The molecule has 0 radical (unpaired) electrons. The zero-order valence-electron chi connectivity index (χ0n) is 12.7. The van der Waals surface area contributed by atoms with E-state index in [2.05, 4.69) is 37.5 Å². The Morgan fingerprint density at radius 1 is 1.06 bits per heavy atom. The van der Waals surface area contributed by atoms with Gasteiger partial charge in [0.05, 0.1) is 0 Å². The molecule has 0 spiro atoms. The van der Waals surface area contributed by atoms with Crippen molar-refractivity contribution in [2.75, 3.05) is 32.7 Å². The van der Waals surface area contributed by atoms with E-state index in [1.807, 2.05) is 0 Å². The zero-order chi connectivity index (χ0) is 13.4. The molecule has 3 nitrogen and oxygen atoms in total. The predicted octanol–water partition coefficient (Wildman–Crippen LogP) is 1.92. The second-order valence-electron chi connectivity index (χ2n) is 7.39. The van der Waals surface area contributed by atoms with E-state index in [1.54, 1.807) is 0 Å². The third kappa shape index (κ3) is 2.73. The van der Waals surface area contributed by atoms with Crippen molar-refractivity contribution in [2.24, 2.45) is 11.1 Å². The molecule has 2 saturated heterocycles. The largest absolute Gasteiger partial charge is 0.329 e. The van der Waals surface area contributed by atoms with Crippen LogP contribution in [-0.4, -0.2) is 54.1 Å². The fourth-order valence-corrected chi connectivity index (χ4v) is 3.47. The molecule has 2 heterocycles. The molecule has 0 bridgehead atoms. The van der Waals surface area contributed by atoms with E-state index in [9.17, 15) is 0 Å². The van der Waals surface area contributed by atoms with Gasteiger partial charge in [-0.25, -0.2) is 0 Å². The fraction of sp³-hybridized carbons (Fsp3) is 1.00. The summed E-state index contributed by atoms with van der Waals surface area (Å²) >= 11 is 0. The maximum absolute atomic E-state index is 6.16. The number of hydrogen-bond donors (Lipinski definition) is 1. The molecule has 2 aliphatic heterocycles. The summed E-state index contributed by atoms with van der Waals surface area (Å²) in [6.45, 7) is 15.1. The Bertz CT molecular complexity index is 277. The van der Waals surface area contributed by atoms with Crippen molar-refractivity contribution in [2.45, 2.75) is 58.5 Å². The van der Waals surface area contributed by atoms with Crippen LogP contribution in [0.2, 0.25) is 0 Å². The SMILES string of the molecule is CC(C)N1CCC(CN)(N2CCC(C)(C)CC2)C1. The molecule has 0 saturated carbocycles. The average Bonchev–Trinajstić information content (AvgIpc) is 2.74. The van der Waals surface area contributed by atoms with Crippen LogP contribution in [-0.2, 0) is 0 Å². The predicted molar refractivity (Wildman–Crippen MR) is 77.7 cm³/mol. The van der Waals surface area contributed by atoms with Gasteiger partial charge in [-0.2, -0.15) is 0 Å². The third-order valence-corrected chi connectivity index (χ3v) is 5.26. The number of likely N-dealkylation sites (tertiary alicyclic amines) is 2. The van der Waals surface area contributed by atoms with E-state index in [1.165, 1.54) is 45.4 Å². The molecule has 2 rings (SSSR count). The van der Waals surface area contributed by atoms with Gasteiger partial charge in [-0.05, 0) is 51.6 Å². The fourth-order valence-electron chi connectivity index (χ4n) is 3.47. The molecule has 2 fully saturated rings. The summed E-state index contributed by atoms with van der Waals surface area (Å²) in [5, 5.41) is 0.